The van der Waals surface area contributed by atoms with E-state index in [2.05, 4.69) is 18.5 Å². The molecule has 0 atom stereocenters. The Balaban J connectivity index is 2.65. The van der Waals surface area contributed by atoms with Gasteiger partial charge in [0.2, 0.25) is 0 Å². The minimum atomic E-state index is -0.702. The first-order valence-corrected chi connectivity index (χ1v) is 8.83. The predicted molar refractivity (Wildman–Crippen MR) is 107 cm³/mol. The highest BCUT2D eigenvalue weighted by atomic mass is 16.5. The zero-order valence-corrected chi connectivity index (χ0v) is 16.4. The molecule has 1 aliphatic heterocycles. The quantitative estimate of drug-likeness (QED) is 0.548. The molecule has 6 nitrogen and oxygen atoms in total. The lowest BCUT2D eigenvalue weighted by atomic mass is 9.80. The molecule has 0 radical (unpaired) electrons. The number of carbonyl (C=O) groups excluding carboxylic acids is 2. The normalized spacial score (nSPS) is 14.2. The number of allylic oxidation sites excluding steroid dienone is 2. The Bertz CT molecular complexity index is 804. The van der Waals surface area contributed by atoms with Gasteiger partial charge in [0.05, 0.1) is 24.2 Å². The van der Waals surface area contributed by atoms with Gasteiger partial charge < -0.3 is 19.5 Å². The zero-order chi connectivity index (χ0) is 20.7. The Morgan fingerprint density at radius 3 is 1.96 bits per heavy atom. The predicted octanol–water partition coefficient (Wildman–Crippen LogP) is 3.39. The number of benzene rings is 1. The molecule has 1 heterocycles. The molecule has 0 amide bonds. The van der Waals surface area contributed by atoms with Gasteiger partial charge in [-0.2, -0.15) is 0 Å². The van der Waals surface area contributed by atoms with Crippen molar-refractivity contribution in [2.75, 3.05) is 20.3 Å². The van der Waals surface area contributed by atoms with E-state index < -0.39 is 17.9 Å². The number of methoxy groups -OCH3 is 1. The smallest absolute Gasteiger partial charge is 0.337 e. The Labute approximate surface area is 165 Å². The number of hydrogen-bond acceptors (Lipinski definition) is 6. The summed E-state index contributed by atoms with van der Waals surface area (Å²) in [6, 6.07) is 7.24. The second kappa shape index (κ2) is 9.60. The van der Waals surface area contributed by atoms with Crippen LogP contribution in [0.15, 0.2) is 72.1 Å². The van der Waals surface area contributed by atoms with E-state index in [1.807, 2.05) is 18.2 Å². The molecule has 0 spiro atoms. The molecule has 6 heteroatoms. The van der Waals surface area contributed by atoms with Crippen LogP contribution in [0.4, 0.5) is 0 Å². The van der Waals surface area contributed by atoms with E-state index in [1.54, 1.807) is 27.0 Å². The minimum Gasteiger partial charge on any atom is -0.496 e. The SMILES string of the molecule is C=CCOC(=O)C1=C(C)NC(C)=C(C(=O)OCC=C)C1c1ccccc1OC. The summed E-state index contributed by atoms with van der Waals surface area (Å²) in [6.45, 7) is 10.8. The second-order valence-electron chi connectivity index (χ2n) is 6.15. The average Bonchev–Trinajstić information content (AvgIpc) is 2.69. The van der Waals surface area contributed by atoms with Gasteiger partial charge in [-0.05, 0) is 19.9 Å². The molecule has 0 unspecified atom stereocenters. The number of nitrogens with one attached hydrogen (secondary N) is 1. The van der Waals surface area contributed by atoms with Crippen LogP contribution in [0, 0.1) is 0 Å². The molecule has 1 aliphatic rings. The van der Waals surface area contributed by atoms with Gasteiger partial charge in [0.1, 0.15) is 19.0 Å². The maximum atomic E-state index is 12.8. The minimum absolute atomic E-state index is 0.0627. The van der Waals surface area contributed by atoms with E-state index >= 15 is 0 Å². The molecule has 2 rings (SSSR count). The lowest BCUT2D eigenvalue weighted by Crippen LogP contribution is -2.32. The first-order chi connectivity index (χ1) is 13.5. The van der Waals surface area contributed by atoms with Crippen molar-refractivity contribution in [3.8, 4) is 5.75 Å². The highest BCUT2D eigenvalue weighted by Gasteiger charge is 2.39. The van der Waals surface area contributed by atoms with E-state index in [0.717, 1.165) is 0 Å². The molecule has 1 aromatic rings. The summed E-state index contributed by atoms with van der Waals surface area (Å²) < 4.78 is 16.1. The van der Waals surface area contributed by atoms with Gasteiger partial charge in [-0.15, -0.1) is 0 Å². The highest BCUT2D eigenvalue weighted by molar-refractivity contribution is 6.00. The Hall–Kier alpha value is -3.28. The van der Waals surface area contributed by atoms with E-state index in [1.165, 1.54) is 12.2 Å². The summed E-state index contributed by atoms with van der Waals surface area (Å²) in [4.78, 5) is 25.7. The average molecular weight is 383 g/mol. The van der Waals surface area contributed by atoms with Crippen molar-refractivity contribution < 1.29 is 23.8 Å². The topological polar surface area (TPSA) is 73.9 Å². The van der Waals surface area contributed by atoms with Crippen LogP contribution in [0.25, 0.3) is 0 Å². The van der Waals surface area contributed by atoms with E-state index in [0.29, 0.717) is 33.9 Å². The number of esters is 2. The number of dihydropyridines is 1. The highest BCUT2D eigenvalue weighted by Crippen LogP contribution is 2.42. The molecular weight excluding hydrogens is 358 g/mol. The van der Waals surface area contributed by atoms with Crippen molar-refractivity contribution in [3.05, 3.63) is 77.7 Å². The van der Waals surface area contributed by atoms with Crippen LogP contribution in [0.2, 0.25) is 0 Å². The number of rotatable bonds is 8. The molecule has 1 aromatic carbocycles. The third-order valence-electron chi connectivity index (χ3n) is 4.31. The molecule has 0 saturated heterocycles. The molecule has 0 bridgehead atoms. The summed E-state index contributed by atoms with van der Waals surface area (Å²) in [6.07, 6.45) is 2.98. The number of hydrogen-bond donors (Lipinski definition) is 1. The monoisotopic (exact) mass is 383 g/mol. The van der Waals surface area contributed by atoms with Gasteiger partial charge in [-0.1, -0.05) is 43.5 Å². The Kier molecular flexibility index (Phi) is 7.21. The summed E-state index contributed by atoms with van der Waals surface area (Å²) in [5.41, 5.74) is 2.51. The summed E-state index contributed by atoms with van der Waals surface area (Å²) in [5, 5.41) is 3.10. The van der Waals surface area contributed by atoms with Crippen LogP contribution >= 0.6 is 0 Å². The number of ether oxygens (including phenoxy) is 3. The van der Waals surface area contributed by atoms with Crippen molar-refractivity contribution in [1.29, 1.82) is 0 Å². The van der Waals surface area contributed by atoms with Gasteiger partial charge in [0, 0.05) is 17.0 Å². The van der Waals surface area contributed by atoms with E-state index in [-0.39, 0.29) is 13.2 Å². The first-order valence-electron chi connectivity index (χ1n) is 8.83. The van der Waals surface area contributed by atoms with E-state index in [9.17, 15) is 9.59 Å². The molecule has 0 fully saturated rings. The van der Waals surface area contributed by atoms with Crippen LogP contribution in [-0.2, 0) is 19.1 Å². The van der Waals surface area contributed by atoms with Crippen LogP contribution < -0.4 is 10.1 Å². The third kappa shape index (κ3) is 4.34. The second-order valence-corrected chi connectivity index (χ2v) is 6.15. The molecule has 0 aliphatic carbocycles. The maximum absolute atomic E-state index is 12.8. The molecule has 1 N–H and O–H groups in total. The lowest BCUT2D eigenvalue weighted by molar-refractivity contribution is -0.138. The summed E-state index contributed by atoms with van der Waals surface area (Å²) >= 11 is 0. The van der Waals surface area contributed by atoms with Crippen molar-refractivity contribution in [1.82, 2.24) is 5.32 Å². The van der Waals surface area contributed by atoms with Crippen LogP contribution in [0.1, 0.15) is 25.3 Å². The Morgan fingerprint density at radius 1 is 1.00 bits per heavy atom. The fourth-order valence-electron chi connectivity index (χ4n) is 3.18. The van der Waals surface area contributed by atoms with Gasteiger partial charge in [-0.3, -0.25) is 0 Å². The molecule has 0 aromatic heterocycles. The van der Waals surface area contributed by atoms with E-state index in [4.69, 9.17) is 14.2 Å². The van der Waals surface area contributed by atoms with Crippen molar-refractivity contribution >= 4 is 11.9 Å². The molecular formula is C22H25NO5. The third-order valence-corrected chi connectivity index (χ3v) is 4.31. The van der Waals surface area contributed by atoms with Gasteiger partial charge in [0.25, 0.3) is 0 Å². The van der Waals surface area contributed by atoms with Crippen molar-refractivity contribution in [2.24, 2.45) is 0 Å². The maximum Gasteiger partial charge on any atom is 0.337 e. The standard InChI is InChI=1S/C22H25NO5/c1-6-12-27-21(24)18-14(3)23-15(4)19(22(25)28-13-7-2)20(18)16-10-8-9-11-17(16)26-5/h6-11,20,23H,1-2,12-13H2,3-5H3. The van der Waals surface area contributed by atoms with Gasteiger partial charge >= 0.3 is 11.9 Å². The summed E-state index contributed by atoms with van der Waals surface area (Å²) in [7, 11) is 1.54. The van der Waals surface area contributed by atoms with Gasteiger partial charge in [0.15, 0.2) is 0 Å². The van der Waals surface area contributed by atoms with Crippen LogP contribution in [-0.4, -0.2) is 32.3 Å². The zero-order valence-electron chi connectivity index (χ0n) is 16.4. The molecule has 0 saturated carbocycles. The molecule has 28 heavy (non-hydrogen) atoms. The van der Waals surface area contributed by atoms with Crippen LogP contribution in [0.3, 0.4) is 0 Å². The first kappa shape index (κ1) is 21.0. The van der Waals surface area contributed by atoms with Crippen LogP contribution in [0.5, 0.6) is 5.75 Å². The van der Waals surface area contributed by atoms with Crippen molar-refractivity contribution in [2.45, 2.75) is 19.8 Å². The number of para-hydroxylation sites is 1. The Morgan fingerprint density at radius 2 is 1.50 bits per heavy atom. The van der Waals surface area contributed by atoms with Crippen molar-refractivity contribution in [3.63, 3.8) is 0 Å². The molecule has 148 valence electrons. The largest absolute Gasteiger partial charge is 0.496 e. The summed E-state index contributed by atoms with van der Waals surface area (Å²) in [5.74, 6) is -1.23. The fourth-order valence-corrected chi connectivity index (χ4v) is 3.18. The number of carbonyl (C=O) groups is 2. The van der Waals surface area contributed by atoms with Gasteiger partial charge in [-0.25, -0.2) is 9.59 Å². The lowest BCUT2D eigenvalue weighted by Gasteiger charge is -2.31. The fraction of sp³-hybridized carbons (Fsp3) is 0.273.